The van der Waals surface area contributed by atoms with Gasteiger partial charge in [-0.05, 0) is 18.8 Å². The van der Waals surface area contributed by atoms with Crippen molar-refractivity contribution in [3.63, 3.8) is 0 Å². The Morgan fingerprint density at radius 3 is 2.33 bits per heavy atom. The van der Waals surface area contributed by atoms with Crippen LogP contribution in [0.2, 0.25) is 0 Å². The molecule has 12 heavy (non-hydrogen) atoms. The van der Waals surface area contributed by atoms with Crippen molar-refractivity contribution >= 4 is 12.6 Å². The maximum absolute atomic E-state index is 10.6. The predicted molar refractivity (Wildman–Crippen MR) is 46.8 cm³/mol. The second-order valence-corrected chi connectivity index (χ2v) is 3.60. The van der Waals surface area contributed by atoms with E-state index in [1.165, 1.54) is 19.3 Å². The van der Waals surface area contributed by atoms with Gasteiger partial charge in [-0.1, -0.05) is 19.3 Å². The summed E-state index contributed by atoms with van der Waals surface area (Å²) in [4.78, 5) is 20.9. The van der Waals surface area contributed by atoms with Gasteiger partial charge in [0.05, 0.1) is 0 Å². The van der Waals surface area contributed by atoms with E-state index in [0.717, 1.165) is 25.4 Å². The second-order valence-electron chi connectivity index (χ2n) is 3.60. The van der Waals surface area contributed by atoms with Crippen LogP contribution < -0.4 is 0 Å². The van der Waals surface area contributed by atoms with Crippen LogP contribution in [-0.2, 0) is 9.59 Å². The third kappa shape index (κ3) is 2.43. The van der Waals surface area contributed by atoms with Crippen LogP contribution in [0.25, 0.3) is 0 Å². The van der Waals surface area contributed by atoms with Crippen LogP contribution in [0.3, 0.4) is 0 Å². The lowest BCUT2D eigenvalue weighted by atomic mass is 9.79. The van der Waals surface area contributed by atoms with Gasteiger partial charge in [0.25, 0.3) is 0 Å². The molecule has 2 nitrogen and oxygen atoms in total. The van der Waals surface area contributed by atoms with E-state index >= 15 is 0 Å². The summed E-state index contributed by atoms with van der Waals surface area (Å²) in [7, 11) is 0. The lowest BCUT2D eigenvalue weighted by Crippen LogP contribution is -2.19. The van der Waals surface area contributed by atoms with E-state index in [2.05, 4.69) is 0 Å². The van der Waals surface area contributed by atoms with Gasteiger partial charge in [0.2, 0.25) is 0 Å². The summed E-state index contributed by atoms with van der Waals surface area (Å²) in [6.07, 6.45) is 8.28. The van der Waals surface area contributed by atoms with Gasteiger partial charge in [-0.2, -0.15) is 0 Å². The number of carbonyl (C=O) groups excluding carboxylic acids is 2. The summed E-state index contributed by atoms with van der Waals surface area (Å²) in [5, 5.41) is 0. The van der Waals surface area contributed by atoms with Crippen molar-refractivity contribution < 1.29 is 9.59 Å². The van der Waals surface area contributed by atoms with Crippen molar-refractivity contribution in [2.75, 3.05) is 0 Å². The number of hydrogen-bond acceptors (Lipinski definition) is 2. The fourth-order valence-electron chi connectivity index (χ4n) is 2.03. The number of aldehydes is 2. The monoisotopic (exact) mass is 168 g/mol. The number of carbonyl (C=O) groups is 2. The van der Waals surface area contributed by atoms with E-state index in [0.29, 0.717) is 12.3 Å². The average Bonchev–Trinajstić information content (AvgIpc) is 2.15. The third-order valence-corrected chi connectivity index (χ3v) is 2.80. The van der Waals surface area contributed by atoms with Crippen molar-refractivity contribution in [2.24, 2.45) is 11.8 Å². The molecular formula is C10H16O2. The highest BCUT2D eigenvalue weighted by Gasteiger charge is 2.22. The summed E-state index contributed by atoms with van der Waals surface area (Å²) in [6.45, 7) is 0. The van der Waals surface area contributed by atoms with E-state index < -0.39 is 0 Å². The number of rotatable bonds is 4. The van der Waals surface area contributed by atoms with Gasteiger partial charge in [0.15, 0.2) is 0 Å². The maximum atomic E-state index is 10.6. The van der Waals surface area contributed by atoms with Crippen LogP contribution in [-0.4, -0.2) is 12.6 Å². The van der Waals surface area contributed by atoms with Gasteiger partial charge in [-0.3, -0.25) is 0 Å². The molecule has 0 amide bonds. The van der Waals surface area contributed by atoms with E-state index in [4.69, 9.17) is 0 Å². The van der Waals surface area contributed by atoms with E-state index in [1.807, 2.05) is 0 Å². The molecule has 1 aliphatic carbocycles. The quantitative estimate of drug-likeness (QED) is 0.601. The van der Waals surface area contributed by atoms with Gasteiger partial charge in [-0.15, -0.1) is 0 Å². The summed E-state index contributed by atoms with van der Waals surface area (Å²) in [5.74, 6) is 0.490. The maximum Gasteiger partial charge on any atom is 0.123 e. The molecule has 68 valence electrons. The summed E-state index contributed by atoms with van der Waals surface area (Å²) >= 11 is 0. The lowest BCUT2D eigenvalue weighted by molar-refractivity contribution is -0.117. The fourth-order valence-corrected chi connectivity index (χ4v) is 2.03. The van der Waals surface area contributed by atoms with Crippen LogP contribution in [0, 0.1) is 11.8 Å². The summed E-state index contributed by atoms with van der Waals surface area (Å²) in [6, 6.07) is 0. The topological polar surface area (TPSA) is 34.1 Å². The minimum Gasteiger partial charge on any atom is -0.303 e. The molecule has 0 aromatic carbocycles. The van der Waals surface area contributed by atoms with Gasteiger partial charge < -0.3 is 9.59 Å². The fraction of sp³-hybridized carbons (Fsp3) is 0.800. The Morgan fingerprint density at radius 2 is 1.83 bits per heavy atom. The first-order valence-corrected chi connectivity index (χ1v) is 4.77. The molecule has 1 unspecified atom stereocenters. The van der Waals surface area contributed by atoms with Crippen LogP contribution in [0.4, 0.5) is 0 Å². The minimum absolute atomic E-state index is 0.00259. The van der Waals surface area contributed by atoms with Crippen molar-refractivity contribution in [1.29, 1.82) is 0 Å². The van der Waals surface area contributed by atoms with Crippen molar-refractivity contribution in [3.8, 4) is 0 Å². The first-order valence-electron chi connectivity index (χ1n) is 4.77. The molecule has 0 N–H and O–H groups in total. The largest absolute Gasteiger partial charge is 0.303 e. The Balaban J connectivity index is 2.39. The van der Waals surface area contributed by atoms with E-state index in [9.17, 15) is 9.59 Å². The van der Waals surface area contributed by atoms with E-state index in [1.54, 1.807) is 0 Å². The number of hydrogen-bond donors (Lipinski definition) is 0. The van der Waals surface area contributed by atoms with Crippen LogP contribution in [0.5, 0.6) is 0 Å². The van der Waals surface area contributed by atoms with Gasteiger partial charge >= 0.3 is 0 Å². The zero-order valence-corrected chi connectivity index (χ0v) is 7.37. The predicted octanol–water partition coefficient (Wildman–Crippen LogP) is 1.97. The Morgan fingerprint density at radius 1 is 1.17 bits per heavy atom. The Hall–Kier alpha value is -0.660. The molecule has 0 bridgehead atoms. The Kier molecular flexibility index (Phi) is 3.98. The first kappa shape index (κ1) is 9.43. The van der Waals surface area contributed by atoms with Crippen molar-refractivity contribution in [1.82, 2.24) is 0 Å². The highest BCUT2D eigenvalue weighted by Crippen LogP contribution is 2.30. The molecule has 1 saturated carbocycles. The molecule has 0 radical (unpaired) electrons. The van der Waals surface area contributed by atoms with Crippen LogP contribution in [0.1, 0.15) is 38.5 Å². The SMILES string of the molecule is O=CCC(C=O)C1CCCCC1. The lowest BCUT2D eigenvalue weighted by Gasteiger charge is -2.25. The van der Waals surface area contributed by atoms with Gasteiger partial charge in [0, 0.05) is 12.3 Å². The molecule has 0 spiro atoms. The third-order valence-electron chi connectivity index (χ3n) is 2.80. The highest BCUT2D eigenvalue weighted by molar-refractivity contribution is 5.62. The average molecular weight is 168 g/mol. The molecule has 0 aromatic rings. The second kappa shape index (κ2) is 5.07. The van der Waals surface area contributed by atoms with Gasteiger partial charge in [-0.25, -0.2) is 0 Å². The summed E-state index contributed by atoms with van der Waals surface area (Å²) < 4.78 is 0. The normalized spacial score (nSPS) is 21.7. The molecule has 1 rings (SSSR count). The Labute approximate surface area is 73.3 Å². The molecule has 1 atom stereocenters. The molecule has 0 saturated heterocycles. The smallest absolute Gasteiger partial charge is 0.123 e. The molecule has 0 aliphatic heterocycles. The summed E-state index contributed by atoms with van der Waals surface area (Å²) in [5.41, 5.74) is 0. The molecule has 0 heterocycles. The molecule has 1 fully saturated rings. The van der Waals surface area contributed by atoms with Crippen molar-refractivity contribution in [3.05, 3.63) is 0 Å². The molecular weight excluding hydrogens is 152 g/mol. The molecule has 2 heteroatoms. The Bertz CT molecular complexity index is 148. The van der Waals surface area contributed by atoms with Crippen LogP contribution in [0.15, 0.2) is 0 Å². The first-order chi connectivity index (χ1) is 5.88. The standard InChI is InChI=1S/C10H16O2/c11-7-6-10(8-12)9-4-2-1-3-5-9/h7-10H,1-6H2. The molecule has 1 aliphatic rings. The van der Waals surface area contributed by atoms with Crippen molar-refractivity contribution in [2.45, 2.75) is 38.5 Å². The highest BCUT2D eigenvalue weighted by atomic mass is 16.1. The zero-order chi connectivity index (χ0) is 8.81. The van der Waals surface area contributed by atoms with E-state index in [-0.39, 0.29) is 5.92 Å². The minimum atomic E-state index is 0.00259. The van der Waals surface area contributed by atoms with Crippen LogP contribution >= 0.6 is 0 Å². The zero-order valence-electron chi connectivity index (χ0n) is 7.37. The molecule has 0 aromatic heterocycles. The van der Waals surface area contributed by atoms with Gasteiger partial charge in [0.1, 0.15) is 12.6 Å².